The van der Waals surface area contributed by atoms with Crippen molar-refractivity contribution in [2.45, 2.75) is 11.8 Å². The first-order valence-electron chi connectivity index (χ1n) is 4.46. The van der Waals surface area contributed by atoms with Crippen LogP contribution in [0.5, 0.6) is 0 Å². The second kappa shape index (κ2) is 7.41. The second-order valence-corrected chi connectivity index (χ2v) is 4.43. The van der Waals surface area contributed by atoms with Gasteiger partial charge in [-0.25, -0.2) is 5.26 Å². The zero-order chi connectivity index (χ0) is 12.7. The molecule has 3 N–H and O–H groups in total. The molecule has 0 fully saturated rings. The molecule has 0 radical (unpaired) electrons. The Morgan fingerprint density at radius 1 is 1.53 bits per heavy atom. The molecule has 0 aliphatic heterocycles. The Kier molecular flexibility index (Phi) is 6.16. The third-order valence-electron chi connectivity index (χ3n) is 1.73. The lowest BCUT2D eigenvalue weighted by Crippen LogP contribution is -2.02. The predicted octanol–water partition coefficient (Wildman–Crippen LogP) is 2.20. The van der Waals surface area contributed by atoms with E-state index in [-0.39, 0.29) is 5.75 Å². The molecular weight excluding hydrogens is 266 g/mol. The number of benzene rings is 1. The van der Waals surface area contributed by atoms with Gasteiger partial charge in [-0.1, -0.05) is 5.04 Å². The maximum atomic E-state index is 11.1. The van der Waals surface area contributed by atoms with E-state index in [1.807, 2.05) is 13.0 Å². The minimum Gasteiger partial charge on any atom is -0.399 e. The molecule has 1 rings (SSSR count). The van der Waals surface area contributed by atoms with Crippen molar-refractivity contribution in [3.63, 3.8) is 0 Å². The van der Waals surface area contributed by atoms with E-state index in [4.69, 9.17) is 15.2 Å². The van der Waals surface area contributed by atoms with Crippen LogP contribution in [0.4, 0.5) is 5.69 Å². The van der Waals surface area contributed by atoms with Crippen LogP contribution in [-0.4, -0.2) is 17.0 Å². The lowest BCUT2D eigenvalue weighted by molar-refractivity contribution is -0.432. The van der Waals surface area contributed by atoms with Crippen LogP contribution < -0.4 is 5.73 Å². The Labute approximate surface area is 107 Å². The van der Waals surface area contributed by atoms with Crippen LogP contribution >= 0.6 is 24.1 Å². The molecule has 6 nitrogen and oxygen atoms in total. The van der Waals surface area contributed by atoms with Crippen molar-refractivity contribution in [3.05, 3.63) is 23.8 Å². The summed E-state index contributed by atoms with van der Waals surface area (Å²) in [5.41, 5.74) is 7.25. The number of nitrogens with two attached hydrogens (primary N) is 1. The molecule has 0 heterocycles. The van der Waals surface area contributed by atoms with Crippen molar-refractivity contribution in [2.24, 2.45) is 0 Å². The van der Waals surface area contributed by atoms with Crippen LogP contribution in [-0.2, 0) is 18.3 Å². The van der Waals surface area contributed by atoms with Gasteiger partial charge in [-0.15, -0.1) is 4.33 Å². The van der Waals surface area contributed by atoms with Crippen LogP contribution in [0.1, 0.15) is 5.56 Å². The van der Waals surface area contributed by atoms with Crippen molar-refractivity contribution in [2.75, 3.05) is 11.5 Å². The monoisotopic (exact) mass is 277 g/mol. The fourth-order valence-corrected chi connectivity index (χ4v) is 1.83. The molecule has 0 unspecified atom stereocenters. The number of rotatable bonds is 6. The maximum absolute atomic E-state index is 11.1. The summed E-state index contributed by atoms with van der Waals surface area (Å²) in [6.45, 7) is 1.86. The SMILES string of the molecule is Cc1cc(SOC(=O)CSOOO)ccc1N. The number of carbonyl (C=O) groups is 1. The Balaban J connectivity index is 2.34. The Hall–Kier alpha value is -0.930. The van der Waals surface area contributed by atoms with E-state index in [9.17, 15) is 4.79 Å². The molecule has 0 atom stereocenters. The lowest BCUT2D eigenvalue weighted by Gasteiger charge is -2.04. The lowest BCUT2D eigenvalue weighted by atomic mass is 10.2. The number of hydrogen-bond donors (Lipinski definition) is 2. The van der Waals surface area contributed by atoms with E-state index in [1.54, 1.807) is 12.1 Å². The first kappa shape index (κ1) is 14.1. The molecule has 94 valence electrons. The van der Waals surface area contributed by atoms with Crippen LogP contribution in [0.15, 0.2) is 23.1 Å². The number of hydrogen-bond acceptors (Lipinski definition) is 8. The van der Waals surface area contributed by atoms with Crippen LogP contribution in [0.3, 0.4) is 0 Å². The van der Waals surface area contributed by atoms with Gasteiger partial charge in [-0.2, -0.15) is 0 Å². The Bertz CT molecular complexity index is 388. The van der Waals surface area contributed by atoms with Gasteiger partial charge < -0.3 is 9.92 Å². The van der Waals surface area contributed by atoms with E-state index >= 15 is 0 Å². The summed E-state index contributed by atoms with van der Waals surface area (Å²) in [6, 6.07) is 5.30. The van der Waals surface area contributed by atoms with E-state index < -0.39 is 5.97 Å². The number of nitrogen functional groups attached to an aromatic ring is 1. The van der Waals surface area contributed by atoms with Gasteiger partial charge in [0.1, 0.15) is 5.75 Å². The van der Waals surface area contributed by atoms with E-state index in [0.29, 0.717) is 17.7 Å². The highest BCUT2D eigenvalue weighted by atomic mass is 32.2. The summed E-state index contributed by atoms with van der Waals surface area (Å²) in [6.07, 6.45) is 0. The summed E-state index contributed by atoms with van der Waals surface area (Å²) >= 11 is 1.55. The van der Waals surface area contributed by atoms with Gasteiger partial charge in [0.15, 0.2) is 0 Å². The largest absolute Gasteiger partial charge is 0.399 e. The van der Waals surface area contributed by atoms with Gasteiger partial charge in [0, 0.05) is 22.6 Å². The zero-order valence-electron chi connectivity index (χ0n) is 8.91. The minimum atomic E-state index is -0.508. The Morgan fingerprint density at radius 3 is 2.94 bits per heavy atom. The predicted molar refractivity (Wildman–Crippen MR) is 64.8 cm³/mol. The molecule has 0 bridgehead atoms. The molecule has 0 aliphatic rings. The highest BCUT2D eigenvalue weighted by Gasteiger charge is 2.07. The summed E-state index contributed by atoms with van der Waals surface area (Å²) in [7, 11) is 0. The maximum Gasteiger partial charge on any atom is 0.330 e. The molecule has 0 saturated heterocycles. The van der Waals surface area contributed by atoms with Crippen LogP contribution in [0.25, 0.3) is 0 Å². The van der Waals surface area contributed by atoms with Crippen LogP contribution in [0, 0.1) is 6.92 Å². The third kappa shape index (κ3) is 5.29. The quantitative estimate of drug-likeness (QED) is 0.269. The topological polar surface area (TPSA) is 91.0 Å². The first-order chi connectivity index (χ1) is 8.13. The molecule has 0 saturated carbocycles. The van der Waals surface area contributed by atoms with Crippen molar-refractivity contribution in [1.29, 1.82) is 0 Å². The summed E-state index contributed by atoms with van der Waals surface area (Å²) in [4.78, 5) is 11.9. The Morgan fingerprint density at radius 2 is 2.29 bits per heavy atom. The van der Waals surface area contributed by atoms with E-state index in [1.165, 1.54) is 0 Å². The molecule has 0 amide bonds. The van der Waals surface area contributed by atoms with Crippen LogP contribution in [0.2, 0.25) is 0 Å². The molecule has 0 aromatic heterocycles. The van der Waals surface area contributed by atoms with Crippen molar-refractivity contribution in [3.8, 4) is 0 Å². The molecular formula is C9H11NO5S2. The van der Waals surface area contributed by atoms with Gasteiger partial charge in [0.05, 0.1) is 12.0 Å². The van der Waals surface area contributed by atoms with Crippen molar-refractivity contribution >= 4 is 35.7 Å². The summed E-state index contributed by atoms with van der Waals surface area (Å²) in [5.74, 6) is -0.604. The minimum absolute atomic E-state index is 0.0957. The number of aryl methyl sites for hydroxylation is 1. The summed E-state index contributed by atoms with van der Waals surface area (Å²) < 4.78 is 8.91. The highest BCUT2D eigenvalue weighted by Crippen LogP contribution is 2.23. The molecule has 17 heavy (non-hydrogen) atoms. The molecule has 0 aliphatic carbocycles. The smallest absolute Gasteiger partial charge is 0.330 e. The number of carbonyl (C=O) groups excluding carboxylic acids is 1. The van der Waals surface area contributed by atoms with E-state index in [2.05, 4.69) is 9.37 Å². The molecule has 8 heteroatoms. The molecule has 0 spiro atoms. The highest BCUT2D eigenvalue weighted by molar-refractivity contribution is 7.96. The van der Waals surface area contributed by atoms with Gasteiger partial charge >= 0.3 is 5.97 Å². The first-order valence-corrected chi connectivity index (χ1v) is 6.12. The van der Waals surface area contributed by atoms with Gasteiger partial charge in [0.25, 0.3) is 0 Å². The number of anilines is 1. The third-order valence-corrected chi connectivity index (χ3v) is 2.95. The fourth-order valence-electron chi connectivity index (χ4n) is 0.912. The zero-order valence-corrected chi connectivity index (χ0v) is 10.5. The van der Waals surface area contributed by atoms with E-state index in [0.717, 1.165) is 22.5 Å². The average molecular weight is 277 g/mol. The fraction of sp³-hybridized carbons (Fsp3) is 0.222. The van der Waals surface area contributed by atoms with Crippen molar-refractivity contribution < 1.29 is 23.6 Å². The normalized spacial score (nSPS) is 10.2. The van der Waals surface area contributed by atoms with Gasteiger partial charge in [-0.3, -0.25) is 4.79 Å². The second-order valence-electron chi connectivity index (χ2n) is 2.96. The van der Waals surface area contributed by atoms with Gasteiger partial charge in [0.2, 0.25) is 0 Å². The molecule has 1 aromatic carbocycles. The van der Waals surface area contributed by atoms with Crippen molar-refractivity contribution in [1.82, 2.24) is 0 Å². The van der Waals surface area contributed by atoms with Gasteiger partial charge in [-0.05, 0) is 30.7 Å². The summed E-state index contributed by atoms with van der Waals surface area (Å²) in [5, 5.41) is 11.1. The standard InChI is InChI=1S/C9H11NO5S2/c1-6-4-7(2-3-8(6)10)17-13-9(11)5-16-15-14-12/h2-4,12H,5,10H2,1H3. The molecule has 1 aromatic rings. The average Bonchev–Trinajstić information content (AvgIpc) is 2.31.